The zero-order valence-electron chi connectivity index (χ0n) is 16.9. The Morgan fingerprint density at radius 2 is 1.93 bits per heavy atom. The van der Waals surface area contributed by atoms with Crippen molar-refractivity contribution in [3.8, 4) is 6.07 Å². The van der Waals surface area contributed by atoms with E-state index in [0.717, 1.165) is 31.5 Å². The van der Waals surface area contributed by atoms with Crippen molar-refractivity contribution in [2.45, 2.75) is 31.1 Å². The summed E-state index contributed by atoms with van der Waals surface area (Å²) in [6, 6.07) is 15.0. The number of amides is 1. The zero-order chi connectivity index (χ0) is 20.9. The summed E-state index contributed by atoms with van der Waals surface area (Å²) in [5.41, 5.74) is 1.80. The molecule has 30 heavy (non-hydrogen) atoms. The molecule has 1 aromatic carbocycles. The number of pyridine rings is 1. The number of rotatable bonds is 4. The van der Waals surface area contributed by atoms with Crippen LogP contribution in [-0.2, 0) is 4.74 Å². The molecule has 2 aliphatic rings. The molecule has 0 aliphatic carbocycles. The van der Waals surface area contributed by atoms with Crippen LogP contribution in [0.5, 0.6) is 0 Å². The van der Waals surface area contributed by atoms with E-state index in [9.17, 15) is 9.90 Å². The van der Waals surface area contributed by atoms with Crippen LogP contribution in [0.2, 0.25) is 0 Å². The molecule has 2 aromatic rings. The average molecular weight is 406 g/mol. The molecule has 7 nitrogen and oxygen atoms in total. The lowest BCUT2D eigenvalue weighted by Gasteiger charge is -2.44. The van der Waals surface area contributed by atoms with Gasteiger partial charge in [0.25, 0.3) is 5.91 Å². The van der Waals surface area contributed by atoms with Gasteiger partial charge in [0.2, 0.25) is 0 Å². The summed E-state index contributed by atoms with van der Waals surface area (Å²) in [6.45, 7) is 3.33. The van der Waals surface area contributed by atoms with E-state index in [1.165, 1.54) is 6.20 Å². The van der Waals surface area contributed by atoms with Crippen LogP contribution in [0.15, 0.2) is 48.7 Å². The molecule has 0 unspecified atom stereocenters. The van der Waals surface area contributed by atoms with Gasteiger partial charge in [-0.25, -0.2) is 4.98 Å². The predicted molar refractivity (Wildman–Crippen MR) is 111 cm³/mol. The number of nitriles is 1. The fraction of sp³-hybridized carbons (Fsp3) is 0.435. The number of nitrogens with zero attached hydrogens (tertiary/aromatic N) is 4. The second-order valence-corrected chi connectivity index (χ2v) is 7.84. The van der Waals surface area contributed by atoms with Crippen molar-refractivity contribution < 1.29 is 14.6 Å². The fourth-order valence-electron chi connectivity index (χ4n) is 4.27. The van der Waals surface area contributed by atoms with E-state index in [4.69, 9.17) is 10.00 Å². The smallest absolute Gasteiger partial charge is 0.256 e. The minimum atomic E-state index is -0.222. The van der Waals surface area contributed by atoms with Gasteiger partial charge in [-0.3, -0.25) is 4.79 Å². The molecular formula is C23H26N4O3. The van der Waals surface area contributed by atoms with Crippen molar-refractivity contribution in [1.82, 2.24) is 14.8 Å². The van der Waals surface area contributed by atoms with Crippen molar-refractivity contribution in [2.75, 3.05) is 32.8 Å². The number of aliphatic hydroxyl groups is 1. The SMILES string of the molecule is N#Cc1ccc(C(=O)N2CCO[C@@H](CN3CCC(O)CC3)[C@@H]2c2ccccc2)cn1. The van der Waals surface area contributed by atoms with Crippen molar-refractivity contribution in [1.29, 1.82) is 5.26 Å². The normalized spacial score (nSPS) is 23.1. The van der Waals surface area contributed by atoms with Crippen LogP contribution in [0.25, 0.3) is 0 Å². The molecule has 2 fully saturated rings. The molecule has 2 saturated heterocycles. The van der Waals surface area contributed by atoms with Crippen molar-refractivity contribution >= 4 is 5.91 Å². The van der Waals surface area contributed by atoms with Gasteiger partial charge in [-0.1, -0.05) is 30.3 Å². The van der Waals surface area contributed by atoms with Crippen molar-refractivity contribution in [3.63, 3.8) is 0 Å². The molecule has 3 heterocycles. The monoisotopic (exact) mass is 406 g/mol. The highest BCUT2D eigenvalue weighted by atomic mass is 16.5. The lowest BCUT2D eigenvalue weighted by molar-refractivity contribution is -0.0770. The molecule has 0 radical (unpaired) electrons. The van der Waals surface area contributed by atoms with Crippen LogP contribution in [0.3, 0.4) is 0 Å². The number of morpholine rings is 1. The second-order valence-electron chi connectivity index (χ2n) is 7.84. The Labute approximate surface area is 176 Å². The van der Waals surface area contributed by atoms with E-state index in [1.807, 2.05) is 41.3 Å². The molecule has 4 rings (SSSR count). The van der Waals surface area contributed by atoms with Gasteiger partial charge in [-0.05, 0) is 30.5 Å². The van der Waals surface area contributed by atoms with Crippen LogP contribution in [0.4, 0.5) is 0 Å². The molecule has 1 N–H and O–H groups in total. The third-order valence-electron chi connectivity index (χ3n) is 5.87. The third-order valence-corrected chi connectivity index (χ3v) is 5.87. The first-order valence-corrected chi connectivity index (χ1v) is 10.4. The molecule has 0 spiro atoms. The van der Waals surface area contributed by atoms with Gasteiger partial charge < -0.3 is 19.6 Å². The summed E-state index contributed by atoms with van der Waals surface area (Å²) in [5, 5.41) is 18.8. The number of likely N-dealkylation sites (tertiary alicyclic amines) is 1. The van der Waals surface area contributed by atoms with Gasteiger partial charge in [0.1, 0.15) is 11.8 Å². The summed E-state index contributed by atoms with van der Waals surface area (Å²) in [5.74, 6) is -0.108. The molecule has 0 saturated carbocycles. The highest BCUT2D eigenvalue weighted by Crippen LogP contribution is 2.32. The van der Waals surface area contributed by atoms with Crippen LogP contribution in [-0.4, -0.2) is 70.8 Å². The molecule has 1 amide bonds. The molecule has 156 valence electrons. The van der Waals surface area contributed by atoms with Crippen LogP contribution in [0.1, 0.15) is 40.5 Å². The first kappa shape index (κ1) is 20.5. The molecule has 0 bridgehead atoms. The van der Waals surface area contributed by atoms with Crippen LogP contribution < -0.4 is 0 Å². The molecule has 7 heteroatoms. The number of carbonyl (C=O) groups excluding carboxylic acids is 1. The molecular weight excluding hydrogens is 380 g/mol. The largest absolute Gasteiger partial charge is 0.393 e. The van der Waals surface area contributed by atoms with E-state index in [-0.39, 0.29) is 24.2 Å². The van der Waals surface area contributed by atoms with Crippen molar-refractivity contribution in [3.05, 3.63) is 65.5 Å². The maximum Gasteiger partial charge on any atom is 0.256 e. The summed E-state index contributed by atoms with van der Waals surface area (Å²) in [7, 11) is 0. The predicted octanol–water partition coefficient (Wildman–Crippen LogP) is 1.99. The third kappa shape index (κ3) is 4.51. The minimum absolute atomic E-state index is 0.108. The maximum atomic E-state index is 13.4. The number of piperidine rings is 1. The highest BCUT2D eigenvalue weighted by molar-refractivity contribution is 5.94. The Bertz CT molecular complexity index is 889. The molecule has 1 aromatic heterocycles. The first-order valence-electron chi connectivity index (χ1n) is 10.4. The quantitative estimate of drug-likeness (QED) is 0.835. The van der Waals surface area contributed by atoms with E-state index >= 15 is 0 Å². The Kier molecular flexibility index (Phi) is 6.38. The minimum Gasteiger partial charge on any atom is -0.393 e. The number of hydrogen-bond acceptors (Lipinski definition) is 6. The Hall–Kier alpha value is -2.79. The number of carbonyl (C=O) groups is 1. The van der Waals surface area contributed by atoms with Gasteiger partial charge in [0, 0.05) is 32.4 Å². The highest BCUT2D eigenvalue weighted by Gasteiger charge is 2.38. The molecule has 2 aliphatic heterocycles. The topological polar surface area (TPSA) is 89.7 Å². The van der Waals surface area contributed by atoms with Gasteiger partial charge >= 0.3 is 0 Å². The zero-order valence-corrected chi connectivity index (χ0v) is 16.9. The van der Waals surface area contributed by atoms with E-state index in [0.29, 0.717) is 31.0 Å². The summed E-state index contributed by atoms with van der Waals surface area (Å²) in [6.07, 6.45) is 2.62. The van der Waals surface area contributed by atoms with Gasteiger partial charge in [0.15, 0.2) is 0 Å². The van der Waals surface area contributed by atoms with Crippen molar-refractivity contribution in [2.24, 2.45) is 0 Å². The average Bonchev–Trinajstić information content (AvgIpc) is 2.80. The lowest BCUT2D eigenvalue weighted by Crippen LogP contribution is -2.52. The summed E-state index contributed by atoms with van der Waals surface area (Å²) < 4.78 is 6.17. The van der Waals surface area contributed by atoms with E-state index in [1.54, 1.807) is 12.1 Å². The van der Waals surface area contributed by atoms with Gasteiger partial charge in [0.05, 0.1) is 30.4 Å². The van der Waals surface area contributed by atoms with Crippen LogP contribution >= 0.6 is 0 Å². The number of ether oxygens (including phenoxy) is 1. The van der Waals surface area contributed by atoms with E-state index in [2.05, 4.69) is 9.88 Å². The van der Waals surface area contributed by atoms with Crippen LogP contribution in [0, 0.1) is 11.3 Å². The number of hydrogen-bond donors (Lipinski definition) is 1. The number of benzene rings is 1. The Morgan fingerprint density at radius 1 is 1.17 bits per heavy atom. The van der Waals surface area contributed by atoms with Gasteiger partial charge in [-0.2, -0.15) is 5.26 Å². The Balaban J connectivity index is 1.59. The lowest BCUT2D eigenvalue weighted by atomic mass is 9.96. The Morgan fingerprint density at radius 3 is 2.60 bits per heavy atom. The fourth-order valence-corrected chi connectivity index (χ4v) is 4.27. The number of aliphatic hydroxyl groups excluding tert-OH is 1. The second kappa shape index (κ2) is 9.35. The first-order chi connectivity index (χ1) is 14.7. The van der Waals surface area contributed by atoms with E-state index < -0.39 is 0 Å². The van der Waals surface area contributed by atoms with Gasteiger partial charge in [-0.15, -0.1) is 0 Å². The summed E-state index contributed by atoms with van der Waals surface area (Å²) in [4.78, 5) is 21.6. The maximum absolute atomic E-state index is 13.4. The molecule has 2 atom stereocenters. The standard InChI is InChI=1S/C23H26N4O3/c24-14-19-7-6-18(15-25-19)23(29)27-12-13-30-21(16-26-10-8-20(28)9-11-26)22(27)17-4-2-1-3-5-17/h1-7,15,20-22,28H,8-13,16H2/t21-,22-/m0/s1. The number of aromatic nitrogens is 1. The summed E-state index contributed by atoms with van der Waals surface area (Å²) >= 11 is 0.